The van der Waals surface area contributed by atoms with Crippen LogP contribution in [0.2, 0.25) is 0 Å². The minimum absolute atomic E-state index is 0. The van der Waals surface area contributed by atoms with E-state index in [0.717, 1.165) is 28.7 Å². The predicted molar refractivity (Wildman–Crippen MR) is 85.0 cm³/mol. The van der Waals surface area contributed by atoms with E-state index in [1.807, 2.05) is 54.6 Å². The van der Waals surface area contributed by atoms with E-state index in [4.69, 9.17) is 0 Å². The Morgan fingerprint density at radius 3 is 1.86 bits per heavy atom. The first-order chi connectivity index (χ1) is 9.86. The van der Waals surface area contributed by atoms with Crippen molar-refractivity contribution >= 4 is 18.2 Å². The number of hydrogen-bond donors (Lipinski definition) is 1. The lowest BCUT2D eigenvalue weighted by Gasteiger charge is -2.17. The number of rotatable bonds is 0. The van der Waals surface area contributed by atoms with Gasteiger partial charge in [0.05, 0.1) is 0 Å². The maximum absolute atomic E-state index is 12.1. The normalized spacial score (nSPS) is 11.3. The lowest BCUT2D eigenvalue weighted by atomic mass is 9.85. The van der Waals surface area contributed by atoms with E-state index >= 15 is 0 Å². The fourth-order valence-electron chi connectivity index (χ4n) is 2.36. The van der Waals surface area contributed by atoms with Crippen LogP contribution in [0.25, 0.3) is 0 Å². The zero-order valence-electron chi connectivity index (χ0n) is 11.3. The van der Waals surface area contributed by atoms with Gasteiger partial charge < -0.3 is 0 Å². The quantitative estimate of drug-likeness (QED) is 0.538. The fraction of sp³-hybridized carbons (Fsp3) is 0.0588. The fourth-order valence-corrected chi connectivity index (χ4v) is 2.36. The molecule has 4 rings (SSSR count). The maximum Gasteiger partial charge on any atom is 0.193 e. The number of H-pyrrole nitrogens is 1. The Kier molecular flexibility index (Phi) is 4.90. The molecule has 1 aliphatic rings. The largest absolute Gasteiger partial charge is 0.289 e. The molecule has 1 heterocycles. The van der Waals surface area contributed by atoms with Crippen LogP contribution in [0.5, 0.6) is 0 Å². The molecule has 0 radical (unpaired) electrons. The number of nitrogens with zero attached hydrogens (tertiary/aromatic N) is 1. The van der Waals surface area contributed by atoms with Crippen LogP contribution in [0.4, 0.5) is 0 Å². The number of carbonyl (C=O) groups excluding carboxylic acids is 1. The first kappa shape index (κ1) is 15.0. The highest BCUT2D eigenvalue weighted by molar-refractivity contribution is 6.12. The molecule has 0 atom stereocenters. The molecule has 4 heteroatoms. The van der Waals surface area contributed by atoms with Gasteiger partial charge in [-0.1, -0.05) is 48.5 Å². The van der Waals surface area contributed by atoms with Gasteiger partial charge in [-0.05, 0) is 23.6 Å². The van der Waals surface area contributed by atoms with Gasteiger partial charge in [0.1, 0.15) is 0 Å². The molecule has 0 aliphatic heterocycles. The summed E-state index contributed by atoms with van der Waals surface area (Å²) in [6.07, 6.45) is 4.33. The van der Waals surface area contributed by atoms with Gasteiger partial charge in [0.2, 0.25) is 0 Å². The van der Waals surface area contributed by atoms with Crippen LogP contribution in [0.3, 0.4) is 0 Å². The van der Waals surface area contributed by atoms with Crippen molar-refractivity contribution in [1.82, 2.24) is 10.2 Å². The number of nitrogens with one attached hydrogen (secondary N) is 1. The van der Waals surface area contributed by atoms with E-state index in [-0.39, 0.29) is 18.2 Å². The second-order valence-electron chi connectivity index (χ2n) is 4.59. The summed E-state index contributed by atoms with van der Waals surface area (Å²) in [5, 5.41) is 6.21. The highest BCUT2D eigenvalue weighted by atomic mass is 35.5. The van der Waals surface area contributed by atoms with Crippen LogP contribution in [0, 0.1) is 0 Å². The molecule has 0 fully saturated rings. The van der Waals surface area contributed by atoms with Gasteiger partial charge >= 0.3 is 0 Å². The zero-order chi connectivity index (χ0) is 13.8. The summed E-state index contributed by atoms with van der Waals surface area (Å²) < 4.78 is 0. The van der Waals surface area contributed by atoms with Crippen molar-refractivity contribution in [2.75, 3.05) is 0 Å². The molecule has 1 aliphatic carbocycles. The first-order valence-electron chi connectivity index (χ1n) is 6.50. The third-order valence-corrected chi connectivity index (χ3v) is 3.31. The van der Waals surface area contributed by atoms with Gasteiger partial charge in [0.25, 0.3) is 0 Å². The summed E-state index contributed by atoms with van der Waals surface area (Å²) in [6.45, 7) is 0. The Labute approximate surface area is 129 Å². The van der Waals surface area contributed by atoms with Crippen molar-refractivity contribution in [1.29, 1.82) is 0 Å². The third kappa shape index (κ3) is 3.20. The Bertz CT molecular complexity index is 658. The zero-order valence-corrected chi connectivity index (χ0v) is 12.1. The molecule has 0 unspecified atom stereocenters. The summed E-state index contributed by atoms with van der Waals surface area (Å²) in [6, 6.07) is 17.5. The molecule has 21 heavy (non-hydrogen) atoms. The van der Waals surface area contributed by atoms with Crippen molar-refractivity contribution in [2.45, 2.75) is 6.42 Å². The minimum Gasteiger partial charge on any atom is -0.289 e. The third-order valence-electron chi connectivity index (χ3n) is 3.31. The molecule has 0 saturated heterocycles. The molecule has 3 aromatic rings. The highest BCUT2D eigenvalue weighted by Gasteiger charge is 2.21. The summed E-state index contributed by atoms with van der Waals surface area (Å²) >= 11 is 0. The van der Waals surface area contributed by atoms with Crippen LogP contribution >= 0.6 is 12.4 Å². The van der Waals surface area contributed by atoms with Crippen molar-refractivity contribution in [3.63, 3.8) is 0 Å². The second-order valence-corrected chi connectivity index (χ2v) is 4.59. The molecule has 3 nitrogen and oxygen atoms in total. The van der Waals surface area contributed by atoms with Gasteiger partial charge in [0, 0.05) is 23.5 Å². The maximum atomic E-state index is 12.1. The first-order valence-corrected chi connectivity index (χ1v) is 6.50. The van der Waals surface area contributed by atoms with E-state index in [1.165, 1.54) is 0 Å². The molecular formula is C17H15ClN2O. The van der Waals surface area contributed by atoms with E-state index < -0.39 is 0 Å². The molecule has 0 spiro atoms. The number of aromatic nitrogens is 2. The molecule has 106 valence electrons. The number of hydrogen-bond acceptors (Lipinski definition) is 2. The molecule has 1 aromatic heterocycles. The lowest BCUT2D eigenvalue weighted by Crippen LogP contribution is -2.14. The number of ketones is 1. The van der Waals surface area contributed by atoms with E-state index in [2.05, 4.69) is 10.2 Å². The van der Waals surface area contributed by atoms with Crippen molar-refractivity contribution in [3.05, 3.63) is 89.2 Å². The molecule has 0 saturated carbocycles. The predicted octanol–water partition coefficient (Wildman–Crippen LogP) is 3.65. The summed E-state index contributed by atoms with van der Waals surface area (Å²) in [7, 11) is 0. The van der Waals surface area contributed by atoms with Crippen LogP contribution in [0.15, 0.2) is 67.0 Å². The summed E-state index contributed by atoms with van der Waals surface area (Å²) in [4.78, 5) is 12.1. The molecule has 0 amide bonds. The van der Waals surface area contributed by atoms with Gasteiger partial charge in [0.15, 0.2) is 5.78 Å². The van der Waals surface area contributed by atoms with Crippen LogP contribution in [0.1, 0.15) is 27.0 Å². The van der Waals surface area contributed by atoms with Crippen molar-refractivity contribution in [3.8, 4) is 0 Å². The Hall–Kier alpha value is -2.39. The minimum atomic E-state index is 0. The summed E-state index contributed by atoms with van der Waals surface area (Å²) in [5.74, 6) is 0.160. The Morgan fingerprint density at radius 2 is 1.43 bits per heavy atom. The SMILES string of the molecule is Cl.O=C1c2ccccc2Cc2ccccc21.c1cn[nH]c1. The topological polar surface area (TPSA) is 45.8 Å². The van der Waals surface area contributed by atoms with E-state index in [1.54, 1.807) is 12.4 Å². The standard InChI is InChI=1S/C14H10O.C3H4N2.ClH/c15-14-12-7-3-1-5-10(12)9-11-6-2-4-8-13(11)14;1-2-4-5-3-1;/h1-8H,9H2;1-3H,(H,4,5);1H. The smallest absolute Gasteiger partial charge is 0.193 e. The Balaban J connectivity index is 0.000000231. The number of aromatic amines is 1. The van der Waals surface area contributed by atoms with Crippen LogP contribution in [-0.4, -0.2) is 16.0 Å². The average Bonchev–Trinajstić information content (AvgIpc) is 3.07. The van der Waals surface area contributed by atoms with Gasteiger partial charge in [-0.15, -0.1) is 12.4 Å². The van der Waals surface area contributed by atoms with Gasteiger partial charge in [-0.3, -0.25) is 9.89 Å². The average molecular weight is 299 g/mol. The second kappa shape index (κ2) is 6.86. The van der Waals surface area contributed by atoms with E-state index in [9.17, 15) is 4.79 Å². The van der Waals surface area contributed by atoms with Gasteiger partial charge in [-0.25, -0.2) is 0 Å². The Morgan fingerprint density at radius 1 is 0.857 bits per heavy atom. The number of fused-ring (bicyclic) bond motifs is 2. The van der Waals surface area contributed by atoms with E-state index in [0.29, 0.717) is 0 Å². The number of halogens is 1. The molecule has 2 aromatic carbocycles. The van der Waals surface area contributed by atoms with Crippen LogP contribution < -0.4 is 0 Å². The lowest BCUT2D eigenvalue weighted by molar-refractivity contribution is 0.103. The molecule has 1 N–H and O–H groups in total. The number of benzene rings is 2. The monoisotopic (exact) mass is 298 g/mol. The number of carbonyl (C=O) groups is 1. The van der Waals surface area contributed by atoms with Crippen molar-refractivity contribution < 1.29 is 4.79 Å². The van der Waals surface area contributed by atoms with Crippen LogP contribution in [-0.2, 0) is 6.42 Å². The summed E-state index contributed by atoms with van der Waals surface area (Å²) in [5.41, 5.74) is 4.00. The van der Waals surface area contributed by atoms with Crippen molar-refractivity contribution in [2.24, 2.45) is 0 Å². The van der Waals surface area contributed by atoms with Gasteiger partial charge in [-0.2, -0.15) is 5.10 Å². The highest BCUT2D eigenvalue weighted by Crippen LogP contribution is 2.26. The molecule has 0 bridgehead atoms. The molecular weight excluding hydrogens is 284 g/mol.